The largest absolute Gasteiger partial charge is 0.355 e. The van der Waals surface area contributed by atoms with Gasteiger partial charge in [-0.05, 0) is 23.0 Å². The van der Waals surface area contributed by atoms with Gasteiger partial charge in [-0.25, -0.2) is 0 Å². The van der Waals surface area contributed by atoms with Crippen molar-refractivity contribution in [2.24, 2.45) is 7.05 Å². The maximum Gasteiger partial charge on any atom is 0.157 e. The Morgan fingerprint density at radius 2 is 2.05 bits per heavy atom. The van der Waals surface area contributed by atoms with Gasteiger partial charge < -0.3 is 5.32 Å². The number of nitrogens with one attached hydrogen (secondary N) is 1. The summed E-state index contributed by atoms with van der Waals surface area (Å²) in [5, 5.41) is 17.6. The summed E-state index contributed by atoms with van der Waals surface area (Å²) < 4.78 is 1.93. The molecule has 0 bridgehead atoms. The van der Waals surface area contributed by atoms with Crippen LogP contribution in [0.15, 0.2) is 12.1 Å². The van der Waals surface area contributed by atoms with Crippen LogP contribution in [-0.4, -0.2) is 16.3 Å². The van der Waals surface area contributed by atoms with Crippen molar-refractivity contribution in [2.45, 2.75) is 39.5 Å². The third-order valence-electron chi connectivity index (χ3n) is 3.60. The molecule has 0 aliphatic rings. The van der Waals surface area contributed by atoms with Gasteiger partial charge in [0.15, 0.2) is 5.82 Å². The van der Waals surface area contributed by atoms with Crippen LogP contribution in [0.1, 0.15) is 38.8 Å². The summed E-state index contributed by atoms with van der Waals surface area (Å²) in [7, 11) is 1.97. The van der Waals surface area contributed by atoms with Gasteiger partial charge in [0.25, 0.3) is 0 Å². The molecule has 1 heterocycles. The van der Waals surface area contributed by atoms with Gasteiger partial charge in [0, 0.05) is 12.4 Å². The topological polar surface area (TPSA) is 53.6 Å². The normalized spacial score (nSPS) is 11.6. The highest BCUT2D eigenvalue weighted by Gasteiger charge is 2.22. The van der Waals surface area contributed by atoms with Gasteiger partial charge in [-0.3, -0.25) is 4.68 Å². The zero-order chi connectivity index (χ0) is 14.9. The van der Waals surface area contributed by atoms with E-state index in [9.17, 15) is 0 Å². The molecule has 4 heteroatoms. The zero-order valence-corrected chi connectivity index (χ0v) is 12.9. The second-order valence-electron chi connectivity index (χ2n) is 6.08. The molecule has 1 N–H and O–H groups in total. The van der Waals surface area contributed by atoms with Crippen molar-refractivity contribution in [1.29, 1.82) is 5.26 Å². The molecule has 20 heavy (non-hydrogen) atoms. The number of fused-ring (bicyclic) bond motifs is 1. The van der Waals surface area contributed by atoms with E-state index >= 15 is 0 Å². The fourth-order valence-corrected chi connectivity index (χ4v) is 2.63. The van der Waals surface area contributed by atoms with Gasteiger partial charge in [-0.1, -0.05) is 39.8 Å². The van der Waals surface area contributed by atoms with E-state index in [2.05, 4.69) is 56.3 Å². The molecule has 0 fully saturated rings. The van der Waals surface area contributed by atoms with Crippen LogP contribution < -0.4 is 5.32 Å². The standard InChI is InChI=1S/C16H22N4/c1-6-11-7-8-12(16(2,3)4)14-13(11)15(18-10-9-17)19-20(14)5/h7-8H,6,10H2,1-5H3,(H,18,19). The molecule has 1 aromatic heterocycles. The molecule has 2 aromatic rings. The smallest absolute Gasteiger partial charge is 0.157 e. The average Bonchev–Trinajstić information content (AvgIpc) is 2.72. The van der Waals surface area contributed by atoms with Gasteiger partial charge in [0.05, 0.1) is 11.6 Å². The number of hydrogen-bond donors (Lipinski definition) is 1. The molecule has 0 radical (unpaired) electrons. The van der Waals surface area contributed by atoms with Gasteiger partial charge in [-0.2, -0.15) is 10.4 Å². The zero-order valence-electron chi connectivity index (χ0n) is 12.9. The highest BCUT2D eigenvalue weighted by molar-refractivity contribution is 5.96. The molecule has 0 aliphatic heterocycles. The van der Waals surface area contributed by atoms with E-state index in [1.165, 1.54) is 11.1 Å². The van der Waals surface area contributed by atoms with Crippen molar-refractivity contribution in [3.63, 3.8) is 0 Å². The molecule has 106 valence electrons. The monoisotopic (exact) mass is 270 g/mol. The number of nitrogens with zero attached hydrogens (tertiary/aromatic N) is 3. The number of aryl methyl sites for hydroxylation is 2. The Morgan fingerprint density at radius 1 is 1.35 bits per heavy atom. The number of rotatable bonds is 3. The van der Waals surface area contributed by atoms with Crippen LogP contribution in [0.5, 0.6) is 0 Å². The highest BCUT2D eigenvalue weighted by atomic mass is 15.3. The Balaban J connectivity index is 2.77. The minimum Gasteiger partial charge on any atom is -0.355 e. The van der Waals surface area contributed by atoms with E-state index in [1.807, 2.05) is 11.7 Å². The predicted molar refractivity (Wildman–Crippen MR) is 82.9 cm³/mol. The third-order valence-corrected chi connectivity index (χ3v) is 3.60. The molecule has 4 nitrogen and oxygen atoms in total. The molecule has 0 saturated heterocycles. The number of nitriles is 1. The summed E-state index contributed by atoms with van der Waals surface area (Å²) in [5.74, 6) is 0.812. The fourth-order valence-electron chi connectivity index (χ4n) is 2.63. The van der Waals surface area contributed by atoms with Crippen molar-refractivity contribution >= 4 is 16.7 Å². The lowest BCUT2D eigenvalue weighted by Gasteiger charge is -2.21. The maximum absolute atomic E-state index is 8.77. The molecule has 0 unspecified atom stereocenters. The van der Waals surface area contributed by atoms with Crippen molar-refractivity contribution in [2.75, 3.05) is 11.9 Å². The first-order valence-corrected chi connectivity index (χ1v) is 7.00. The lowest BCUT2D eigenvalue weighted by atomic mass is 9.84. The summed E-state index contributed by atoms with van der Waals surface area (Å²) >= 11 is 0. The molecule has 0 saturated carbocycles. The molecule has 0 spiro atoms. The van der Waals surface area contributed by atoms with Gasteiger partial charge >= 0.3 is 0 Å². The van der Waals surface area contributed by atoms with Gasteiger partial charge in [0.2, 0.25) is 0 Å². The molecular formula is C16H22N4. The maximum atomic E-state index is 8.77. The van der Waals surface area contributed by atoms with Crippen molar-refractivity contribution in [3.05, 3.63) is 23.3 Å². The first-order valence-electron chi connectivity index (χ1n) is 7.00. The van der Waals surface area contributed by atoms with Crippen molar-refractivity contribution in [3.8, 4) is 6.07 Å². The molecule has 1 aromatic carbocycles. The van der Waals surface area contributed by atoms with Crippen molar-refractivity contribution in [1.82, 2.24) is 9.78 Å². The van der Waals surface area contributed by atoms with E-state index in [4.69, 9.17) is 5.26 Å². The summed E-state index contributed by atoms with van der Waals surface area (Å²) in [6, 6.07) is 6.50. The third kappa shape index (κ3) is 2.36. The van der Waals surface area contributed by atoms with Crippen LogP contribution in [0.4, 0.5) is 5.82 Å². The summed E-state index contributed by atoms with van der Waals surface area (Å²) in [6.07, 6.45) is 0.952. The van der Waals surface area contributed by atoms with Crippen LogP contribution in [0.3, 0.4) is 0 Å². The second-order valence-corrected chi connectivity index (χ2v) is 6.08. The van der Waals surface area contributed by atoms with E-state index in [0.717, 1.165) is 23.1 Å². The first-order chi connectivity index (χ1) is 9.40. The lowest BCUT2D eigenvalue weighted by molar-refractivity contribution is 0.590. The van der Waals surface area contributed by atoms with Crippen LogP contribution in [0.25, 0.3) is 10.9 Å². The van der Waals surface area contributed by atoms with E-state index in [0.29, 0.717) is 0 Å². The van der Waals surface area contributed by atoms with Crippen molar-refractivity contribution < 1.29 is 0 Å². The molecule has 0 aliphatic carbocycles. The lowest BCUT2D eigenvalue weighted by Crippen LogP contribution is -2.13. The van der Waals surface area contributed by atoms with E-state index < -0.39 is 0 Å². The summed E-state index contributed by atoms with van der Waals surface area (Å²) in [4.78, 5) is 0. The van der Waals surface area contributed by atoms with Gasteiger partial charge in [0.1, 0.15) is 6.54 Å². The molecular weight excluding hydrogens is 248 g/mol. The number of hydrogen-bond acceptors (Lipinski definition) is 3. The first kappa shape index (κ1) is 14.4. The predicted octanol–water partition coefficient (Wildman–Crippen LogP) is 3.37. The molecule has 0 amide bonds. The minimum absolute atomic E-state index is 0.0603. The Labute approximate surface area is 120 Å². The number of aromatic nitrogens is 2. The number of anilines is 1. The van der Waals surface area contributed by atoms with Crippen LogP contribution >= 0.6 is 0 Å². The Hall–Kier alpha value is -2.02. The Kier molecular flexibility index (Phi) is 3.71. The molecule has 0 atom stereocenters. The van der Waals surface area contributed by atoms with E-state index in [1.54, 1.807) is 0 Å². The highest BCUT2D eigenvalue weighted by Crippen LogP contribution is 2.35. The van der Waals surface area contributed by atoms with Gasteiger partial charge in [-0.15, -0.1) is 0 Å². The summed E-state index contributed by atoms with van der Waals surface area (Å²) in [5.41, 5.74) is 3.77. The molecule has 2 rings (SSSR count). The Bertz CT molecular complexity index is 668. The average molecular weight is 270 g/mol. The van der Waals surface area contributed by atoms with Crippen LogP contribution in [0.2, 0.25) is 0 Å². The van der Waals surface area contributed by atoms with Crippen LogP contribution in [-0.2, 0) is 18.9 Å². The minimum atomic E-state index is 0.0603. The SMILES string of the molecule is CCc1ccc(C(C)(C)C)c2c1c(NCC#N)nn2C. The second kappa shape index (κ2) is 5.16. The Morgan fingerprint density at radius 3 is 2.60 bits per heavy atom. The fraction of sp³-hybridized carbons (Fsp3) is 0.500. The van der Waals surface area contributed by atoms with E-state index in [-0.39, 0.29) is 12.0 Å². The van der Waals surface area contributed by atoms with Crippen LogP contribution in [0, 0.1) is 11.3 Å². The number of benzene rings is 1. The quantitative estimate of drug-likeness (QED) is 0.870. The summed E-state index contributed by atoms with van der Waals surface area (Å²) in [6.45, 7) is 9.05.